The number of rotatable bonds is 4. The van der Waals surface area contributed by atoms with E-state index in [9.17, 15) is 0 Å². The van der Waals surface area contributed by atoms with E-state index in [1.165, 1.54) is 0 Å². The highest BCUT2D eigenvalue weighted by atomic mass is 16.5. The fraction of sp³-hybridized carbons (Fsp3) is 0.350. The van der Waals surface area contributed by atoms with Crippen LogP contribution in [0.1, 0.15) is 43.0 Å². The lowest BCUT2D eigenvalue weighted by molar-refractivity contribution is 0.415. The fourth-order valence-electron chi connectivity index (χ4n) is 3.89. The maximum absolute atomic E-state index is 5.57. The molecule has 0 unspecified atom stereocenters. The van der Waals surface area contributed by atoms with E-state index < -0.39 is 0 Å². The molecule has 0 amide bonds. The number of imidazole rings is 1. The first kappa shape index (κ1) is 16.5. The zero-order chi connectivity index (χ0) is 19.5. The molecule has 9 nitrogen and oxygen atoms in total. The quantitative estimate of drug-likeness (QED) is 0.466. The molecule has 0 saturated heterocycles. The predicted octanol–water partition coefficient (Wildman–Crippen LogP) is 2.99. The lowest BCUT2D eigenvalue weighted by Gasteiger charge is -2.10. The van der Waals surface area contributed by atoms with Crippen LogP contribution in [0.2, 0.25) is 0 Å². The van der Waals surface area contributed by atoms with Crippen LogP contribution in [0.4, 0.5) is 0 Å². The first-order valence-corrected chi connectivity index (χ1v) is 9.78. The van der Waals surface area contributed by atoms with Crippen molar-refractivity contribution in [2.75, 3.05) is 7.11 Å². The van der Waals surface area contributed by atoms with Gasteiger partial charge in [0, 0.05) is 17.9 Å². The molecule has 146 valence electrons. The van der Waals surface area contributed by atoms with Crippen molar-refractivity contribution >= 4 is 0 Å². The Morgan fingerprint density at radius 1 is 1.24 bits per heavy atom. The molecular weight excluding hydrogens is 370 g/mol. The second-order valence-electron chi connectivity index (χ2n) is 7.40. The van der Waals surface area contributed by atoms with Crippen molar-refractivity contribution < 1.29 is 9.26 Å². The Balaban J connectivity index is 1.57. The average molecular weight is 389 g/mol. The highest BCUT2D eigenvalue weighted by Crippen LogP contribution is 2.40. The Hall–Kier alpha value is -3.49. The minimum Gasteiger partial charge on any atom is -0.497 e. The van der Waals surface area contributed by atoms with Gasteiger partial charge >= 0.3 is 0 Å². The summed E-state index contributed by atoms with van der Waals surface area (Å²) >= 11 is 0. The zero-order valence-electron chi connectivity index (χ0n) is 16.2. The molecule has 6 rings (SSSR count). The topological polar surface area (TPSA) is 96.7 Å². The summed E-state index contributed by atoms with van der Waals surface area (Å²) in [6, 6.07) is 5.94. The second-order valence-corrected chi connectivity index (χ2v) is 7.40. The van der Waals surface area contributed by atoms with Gasteiger partial charge in [-0.3, -0.25) is 4.57 Å². The molecule has 1 aromatic carbocycles. The third-order valence-corrected chi connectivity index (χ3v) is 5.61. The summed E-state index contributed by atoms with van der Waals surface area (Å²) in [7, 11) is 1.66. The fourth-order valence-corrected chi connectivity index (χ4v) is 3.89. The number of aryl methyl sites for hydroxylation is 1. The number of fused-ring (bicyclic) bond motifs is 5. The number of aromatic nitrogens is 7. The summed E-state index contributed by atoms with van der Waals surface area (Å²) in [6.45, 7) is 2.64. The molecule has 1 aliphatic carbocycles. The molecule has 1 fully saturated rings. The van der Waals surface area contributed by atoms with E-state index >= 15 is 0 Å². The molecule has 2 aliphatic rings. The van der Waals surface area contributed by atoms with Crippen LogP contribution >= 0.6 is 0 Å². The summed E-state index contributed by atoms with van der Waals surface area (Å²) in [5.74, 6) is 4.17. The van der Waals surface area contributed by atoms with E-state index in [4.69, 9.17) is 9.26 Å². The second kappa shape index (κ2) is 6.00. The lowest BCUT2D eigenvalue weighted by Crippen LogP contribution is -2.07. The van der Waals surface area contributed by atoms with Crippen LogP contribution in [-0.4, -0.2) is 41.6 Å². The van der Waals surface area contributed by atoms with Crippen molar-refractivity contribution in [3.05, 3.63) is 41.9 Å². The molecule has 29 heavy (non-hydrogen) atoms. The van der Waals surface area contributed by atoms with Crippen molar-refractivity contribution in [1.82, 2.24) is 34.5 Å². The summed E-state index contributed by atoms with van der Waals surface area (Å²) in [5, 5.41) is 13.0. The smallest absolute Gasteiger partial charge is 0.278 e. The van der Waals surface area contributed by atoms with E-state index in [1.54, 1.807) is 7.11 Å². The molecule has 0 bridgehead atoms. The standard InChI is InChI=1S/C20H19N7O2/c1-3-16-23-24-19-13-8-12(28-2)6-7-14(13)27-10-21-17(15(27)9-26(16)19)20-22-18(25-29-20)11-4-5-11/h6-8,10-11H,3-5,9H2,1-2H3. The zero-order valence-corrected chi connectivity index (χ0v) is 16.2. The third-order valence-electron chi connectivity index (χ3n) is 5.61. The first-order valence-electron chi connectivity index (χ1n) is 9.78. The Morgan fingerprint density at radius 3 is 2.93 bits per heavy atom. The van der Waals surface area contributed by atoms with E-state index in [2.05, 4.69) is 41.4 Å². The number of methoxy groups -OCH3 is 1. The molecule has 1 aliphatic heterocycles. The monoisotopic (exact) mass is 389 g/mol. The number of benzene rings is 1. The largest absolute Gasteiger partial charge is 0.497 e. The maximum atomic E-state index is 5.57. The molecule has 4 heterocycles. The van der Waals surface area contributed by atoms with E-state index in [1.807, 2.05) is 24.5 Å². The molecule has 3 aromatic heterocycles. The van der Waals surface area contributed by atoms with Gasteiger partial charge in [0.2, 0.25) is 0 Å². The maximum Gasteiger partial charge on any atom is 0.278 e. The first-order chi connectivity index (χ1) is 14.3. The van der Waals surface area contributed by atoms with Crippen molar-refractivity contribution in [3.63, 3.8) is 0 Å². The molecule has 0 N–H and O–H groups in total. The van der Waals surface area contributed by atoms with Gasteiger partial charge in [-0.05, 0) is 31.0 Å². The summed E-state index contributed by atoms with van der Waals surface area (Å²) in [5.41, 5.74) is 3.59. The van der Waals surface area contributed by atoms with Crippen molar-refractivity contribution in [2.45, 2.75) is 38.6 Å². The van der Waals surface area contributed by atoms with Gasteiger partial charge in [0.1, 0.15) is 17.9 Å². The van der Waals surface area contributed by atoms with Crippen molar-refractivity contribution in [1.29, 1.82) is 0 Å². The summed E-state index contributed by atoms with van der Waals surface area (Å²) in [4.78, 5) is 9.25. The third kappa shape index (κ3) is 2.43. The lowest BCUT2D eigenvalue weighted by atomic mass is 10.1. The van der Waals surface area contributed by atoms with Crippen LogP contribution in [0.25, 0.3) is 28.7 Å². The molecule has 9 heteroatoms. The SMILES string of the molecule is CCc1nnc2n1Cc1c(-c3nc(C4CC4)no3)ncn1-c1ccc(OC)cc1-2. The highest BCUT2D eigenvalue weighted by Gasteiger charge is 2.31. The highest BCUT2D eigenvalue weighted by molar-refractivity contribution is 5.72. The van der Waals surface area contributed by atoms with Gasteiger partial charge in [-0.2, -0.15) is 4.98 Å². The molecule has 0 spiro atoms. The average Bonchev–Trinajstić information content (AvgIpc) is 3.19. The molecule has 1 saturated carbocycles. The molecule has 4 aromatic rings. The van der Waals surface area contributed by atoms with Gasteiger partial charge in [0.15, 0.2) is 17.3 Å². The van der Waals surface area contributed by atoms with Crippen LogP contribution in [0.5, 0.6) is 5.75 Å². The minimum atomic E-state index is 0.429. The van der Waals surface area contributed by atoms with Crippen molar-refractivity contribution in [2.24, 2.45) is 0 Å². The summed E-state index contributed by atoms with van der Waals surface area (Å²) in [6.07, 6.45) is 4.84. The van der Waals surface area contributed by atoms with Crippen LogP contribution < -0.4 is 4.74 Å². The molecular formula is C20H19N7O2. The molecule has 0 atom stereocenters. The Labute approximate surface area is 166 Å². The van der Waals surface area contributed by atoms with Crippen LogP contribution in [0.3, 0.4) is 0 Å². The Kier molecular flexibility index (Phi) is 3.41. The number of hydrogen-bond acceptors (Lipinski definition) is 7. The van der Waals surface area contributed by atoms with Gasteiger partial charge in [-0.1, -0.05) is 12.1 Å². The minimum absolute atomic E-state index is 0.429. The van der Waals surface area contributed by atoms with Crippen LogP contribution in [-0.2, 0) is 13.0 Å². The normalized spacial score (nSPS) is 14.8. The Bertz CT molecular complexity index is 1230. The van der Waals surface area contributed by atoms with E-state index in [-0.39, 0.29) is 0 Å². The van der Waals surface area contributed by atoms with Crippen molar-refractivity contribution in [3.8, 4) is 34.4 Å². The Morgan fingerprint density at radius 2 is 2.14 bits per heavy atom. The van der Waals surface area contributed by atoms with Crippen LogP contribution in [0.15, 0.2) is 29.0 Å². The van der Waals surface area contributed by atoms with Gasteiger partial charge in [0.25, 0.3) is 5.89 Å². The van der Waals surface area contributed by atoms with Gasteiger partial charge in [-0.25, -0.2) is 4.98 Å². The van der Waals surface area contributed by atoms with Gasteiger partial charge in [0.05, 0.1) is 25.0 Å². The summed E-state index contributed by atoms with van der Waals surface area (Å²) < 4.78 is 15.2. The molecule has 0 radical (unpaired) electrons. The van der Waals surface area contributed by atoms with E-state index in [0.29, 0.717) is 24.0 Å². The number of hydrogen-bond donors (Lipinski definition) is 0. The predicted molar refractivity (Wildman–Crippen MR) is 103 cm³/mol. The van der Waals surface area contributed by atoms with Gasteiger partial charge in [-0.15, -0.1) is 10.2 Å². The van der Waals surface area contributed by atoms with Gasteiger partial charge < -0.3 is 13.8 Å². The number of nitrogens with zero attached hydrogens (tertiary/aromatic N) is 7. The van der Waals surface area contributed by atoms with E-state index in [0.717, 1.165) is 59.4 Å². The van der Waals surface area contributed by atoms with Crippen LogP contribution in [0, 0.1) is 0 Å². The number of ether oxygens (including phenoxy) is 1.